The largest absolute Gasteiger partial charge is 0.479 e. The Hall–Kier alpha value is -9.69. The van der Waals surface area contributed by atoms with Crippen LogP contribution in [0.3, 0.4) is 0 Å². The number of aromatic nitrogens is 4. The summed E-state index contributed by atoms with van der Waals surface area (Å²) in [6.45, 7) is 29.8. The number of rotatable bonds is 24. The minimum atomic E-state index is -3.35. The van der Waals surface area contributed by atoms with Gasteiger partial charge in [-0.05, 0) is 179 Å². The number of nitrogens with zero attached hydrogens (tertiary/aromatic N) is 13. The Morgan fingerprint density at radius 2 is 0.883 bits per heavy atom. The van der Waals surface area contributed by atoms with Crippen LogP contribution in [0.4, 0.5) is 8.78 Å². The number of amidine groups is 3. The molecule has 2 aromatic heterocycles. The van der Waals surface area contributed by atoms with Gasteiger partial charge in [0, 0.05) is 32.6 Å². The zero-order valence-corrected chi connectivity index (χ0v) is 61.0. The van der Waals surface area contributed by atoms with Crippen molar-refractivity contribution in [2.45, 2.75) is 207 Å². The van der Waals surface area contributed by atoms with Gasteiger partial charge in [-0.25, -0.2) is 38.9 Å². The van der Waals surface area contributed by atoms with Crippen LogP contribution in [-0.2, 0) is 74.9 Å². The molecule has 3 aliphatic heterocycles. The van der Waals surface area contributed by atoms with Gasteiger partial charge in [-0.15, -0.1) is 36.9 Å². The lowest BCUT2D eigenvalue weighted by Crippen LogP contribution is -2.53. The Balaban J connectivity index is 0.000000247. The highest BCUT2D eigenvalue weighted by molar-refractivity contribution is 7.12. The van der Waals surface area contributed by atoms with Crippen molar-refractivity contribution in [2.24, 2.45) is 45.7 Å². The molecule has 5 heterocycles. The zero-order chi connectivity index (χ0) is 76.1. The lowest BCUT2D eigenvalue weighted by Gasteiger charge is -2.34. The lowest BCUT2D eigenvalue weighted by molar-refractivity contribution is -0.189. The van der Waals surface area contributed by atoms with Crippen molar-refractivity contribution in [3.8, 4) is 16.9 Å². The quantitative estimate of drug-likeness (QED) is 0.0376. The maximum atomic E-state index is 13.1. The molecule has 4 aromatic carbocycles. The average Bonchev–Trinajstić information content (AvgIpc) is 1.77. The second-order valence-corrected chi connectivity index (χ2v) is 29.9. The second-order valence-electron chi connectivity index (χ2n) is 28.9. The number of aromatic carboxylic acids is 1. The number of tetrazole rings is 1. The van der Waals surface area contributed by atoms with Crippen LogP contribution >= 0.6 is 11.3 Å². The van der Waals surface area contributed by atoms with Crippen LogP contribution in [-0.4, -0.2) is 158 Å². The molecule has 4 atom stereocenters. The standard InChI is InChI=1S/C22H25N3O3.C18H26N4O3.C17H21F2N3O4.C14H17N3O5S.CH4/c1-15-7-5-6-8-18(15)17-11-9-16(10-12-17)13-22(20(26)27,28-21(2,3)4)19-23-14-24-25-19;1-16(2,3)22-20-14(19-21-22)18(15(23)24,25-17(4,5)6)12-13-10-8-7-9-11-13;1-15(2,3)26-17(14(23)24,13-20-10-21-22-13)9-11-6-5-7-12(8-11)25-16(4,18)19;1-13(2,3)22-14(12(20)21,11-15-7-16-17-11)5-8-4-9(10(18)19)23-6-8;/h5-12H,13-14H2,1-4H3,(H,26,27);7-11H,12H2,1-6H3,(H,23,24);5-8H,9-10H2,1-4H3,(H,23,24);4,6H,5,7H2,1-3H3,(H,18,19)(H,20,21);1H4. The molecule has 6 aromatic rings. The van der Waals surface area contributed by atoms with E-state index in [1.165, 1.54) is 34.6 Å². The summed E-state index contributed by atoms with van der Waals surface area (Å²) < 4.78 is 54.4. The van der Waals surface area contributed by atoms with E-state index in [0.29, 0.717) is 18.1 Å². The van der Waals surface area contributed by atoms with Gasteiger partial charge in [-0.2, -0.15) is 28.9 Å². The summed E-state index contributed by atoms with van der Waals surface area (Å²) in [5, 5.41) is 85.7. The van der Waals surface area contributed by atoms with Crippen LogP contribution in [0.5, 0.6) is 5.75 Å². The van der Waals surface area contributed by atoms with E-state index in [9.17, 15) is 53.2 Å². The summed E-state index contributed by atoms with van der Waals surface area (Å²) in [7, 11) is 0. The number of hydrogen-bond acceptors (Lipinski definition) is 23. The number of carboxylic acid groups (broad SMARTS) is 5. The highest BCUT2D eigenvalue weighted by Gasteiger charge is 2.53. The van der Waals surface area contributed by atoms with Crippen LogP contribution in [0.2, 0.25) is 0 Å². The number of thiophene rings is 1. The Morgan fingerprint density at radius 3 is 1.26 bits per heavy atom. The monoisotopic (exact) mass is 1450 g/mol. The molecule has 0 saturated heterocycles. The molecule has 556 valence electrons. The van der Waals surface area contributed by atoms with Crippen molar-refractivity contribution in [1.29, 1.82) is 0 Å². The smallest absolute Gasteiger partial charge is 0.394 e. The molecule has 0 fully saturated rings. The minimum Gasteiger partial charge on any atom is -0.479 e. The number of aryl methyl sites for hydroxylation is 1. The van der Waals surface area contributed by atoms with Gasteiger partial charge in [0.05, 0.1) is 27.9 Å². The maximum absolute atomic E-state index is 13.1. The molecule has 3 aliphatic rings. The molecule has 0 bridgehead atoms. The number of hydrogen-bond donors (Lipinski definition) is 5. The first-order valence-corrected chi connectivity index (χ1v) is 33.1. The summed E-state index contributed by atoms with van der Waals surface area (Å²) in [6, 6.07) is 32.6. The van der Waals surface area contributed by atoms with E-state index < -0.39 is 86.3 Å². The number of aliphatic carboxylic acids is 4. The fourth-order valence-corrected chi connectivity index (χ4v) is 11.3. The fraction of sp³-hybridized carbons (Fsp3) is 0.486. The van der Waals surface area contributed by atoms with Crippen molar-refractivity contribution in [3.63, 3.8) is 0 Å². The highest BCUT2D eigenvalue weighted by atomic mass is 32.1. The van der Waals surface area contributed by atoms with Crippen LogP contribution < -0.4 is 4.74 Å². The van der Waals surface area contributed by atoms with E-state index in [4.69, 9.17) is 24.1 Å². The minimum absolute atomic E-state index is 0. The predicted molar refractivity (Wildman–Crippen MR) is 382 cm³/mol. The van der Waals surface area contributed by atoms with Gasteiger partial charge in [0.25, 0.3) is 0 Å². The number of aliphatic imine (C=N–C) groups is 3. The van der Waals surface area contributed by atoms with Crippen LogP contribution in [0.15, 0.2) is 160 Å². The number of halogens is 2. The summed E-state index contributed by atoms with van der Waals surface area (Å²) in [4.78, 5) is 73.5. The first-order valence-electron chi connectivity index (χ1n) is 32.2. The molecular weight excluding hydrogens is 1360 g/mol. The number of azo groups is 3. The van der Waals surface area contributed by atoms with Gasteiger partial charge in [0.1, 0.15) is 10.6 Å². The van der Waals surface area contributed by atoms with Crippen LogP contribution in [0.1, 0.15) is 162 Å². The molecule has 103 heavy (non-hydrogen) atoms. The van der Waals surface area contributed by atoms with E-state index >= 15 is 0 Å². The maximum Gasteiger partial charge on any atom is 0.394 e. The normalized spacial score (nSPS) is 16.0. The number of ether oxygens (including phenoxy) is 5. The molecule has 0 amide bonds. The number of carboxylic acids is 5. The molecular formula is C72H93F2N13O15S. The first-order chi connectivity index (χ1) is 47.2. The molecule has 0 radical (unpaired) electrons. The van der Waals surface area contributed by atoms with E-state index in [2.05, 4.69) is 84.9 Å². The van der Waals surface area contributed by atoms with Gasteiger partial charge in [-0.1, -0.05) is 98.4 Å². The molecule has 31 heteroatoms. The summed E-state index contributed by atoms with van der Waals surface area (Å²) in [6.07, 6.45) is -3.39. The number of carbonyl (C=O) groups is 5. The Morgan fingerprint density at radius 1 is 0.485 bits per heavy atom. The first kappa shape index (κ1) is 84.0. The third-order valence-corrected chi connectivity index (χ3v) is 15.2. The van der Waals surface area contributed by atoms with Gasteiger partial charge < -0.3 is 49.2 Å². The summed E-state index contributed by atoms with van der Waals surface area (Å²) in [5.74, 6) is -5.85. The second kappa shape index (κ2) is 33.6. The zero-order valence-electron chi connectivity index (χ0n) is 60.2. The van der Waals surface area contributed by atoms with E-state index in [1.807, 2.05) is 129 Å². The molecule has 5 N–H and O–H groups in total. The topological polar surface area (TPSA) is 387 Å². The Bertz CT molecular complexity index is 4140. The van der Waals surface area contributed by atoms with E-state index in [0.717, 1.165) is 33.6 Å². The molecule has 0 saturated carbocycles. The van der Waals surface area contributed by atoms with Gasteiger partial charge >= 0.3 is 36.0 Å². The predicted octanol–water partition coefficient (Wildman–Crippen LogP) is 14.2. The summed E-state index contributed by atoms with van der Waals surface area (Å²) >= 11 is 1.03. The van der Waals surface area contributed by atoms with Crippen LogP contribution in [0.25, 0.3) is 11.1 Å². The van der Waals surface area contributed by atoms with E-state index in [-0.39, 0.29) is 87.1 Å². The number of alkyl halides is 2. The van der Waals surface area contributed by atoms with E-state index in [1.54, 1.807) is 53.0 Å². The molecule has 9 rings (SSSR count). The molecule has 0 aliphatic carbocycles. The third-order valence-electron chi connectivity index (χ3n) is 14.2. The highest BCUT2D eigenvalue weighted by Crippen LogP contribution is 2.37. The third kappa shape index (κ3) is 23.4. The molecule has 4 unspecified atom stereocenters. The average molecular weight is 1450 g/mol. The van der Waals surface area contributed by atoms with Gasteiger partial charge in [-0.3, -0.25) is 0 Å². The van der Waals surface area contributed by atoms with Crippen molar-refractivity contribution < 1.29 is 82.0 Å². The SMILES string of the molecule is C.CC(C)(C)OC(Cc1cccc(OC(C)(F)F)c1)(C(=O)O)C1=NCN=N1.CC(C)(C)OC(Cc1ccccc1)(C(=O)O)c1nnn(C(C)(C)C)n1.CC(C)(C)OC(Cc1csc(C(=O)O)c1)(C(=O)O)C1=NCN=N1.Cc1ccccc1-c1ccc(CC(OC(C)(C)C)(C(=O)O)C2=NCN=N2)cc1. The molecule has 0 spiro atoms. The number of benzene rings is 4. The van der Waals surface area contributed by atoms with Crippen molar-refractivity contribution in [2.75, 3.05) is 20.0 Å². The van der Waals surface area contributed by atoms with Crippen molar-refractivity contribution >= 4 is 58.7 Å². The van der Waals surface area contributed by atoms with Crippen molar-refractivity contribution in [3.05, 3.63) is 153 Å². The van der Waals surface area contributed by atoms with Crippen molar-refractivity contribution in [1.82, 2.24) is 20.2 Å². The molecule has 28 nitrogen and oxygen atoms in total. The Kier molecular flexibility index (Phi) is 27.4. The Labute approximate surface area is 601 Å². The van der Waals surface area contributed by atoms with Gasteiger partial charge in [0.15, 0.2) is 37.5 Å². The van der Waals surface area contributed by atoms with Gasteiger partial charge in [0.2, 0.25) is 28.2 Å². The fourth-order valence-electron chi connectivity index (χ4n) is 10.5. The van der Waals surface area contributed by atoms with Crippen LogP contribution in [0, 0.1) is 6.92 Å². The lowest BCUT2D eigenvalue weighted by atomic mass is 9.90. The summed E-state index contributed by atoms with van der Waals surface area (Å²) in [5.41, 5.74) is -4.50.